The molecule has 5 nitrogen and oxygen atoms in total. The van der Waals surface area contributed by atoms with Crippen molar-refractivity contribution in [1.29, 1.82) is 5.26 Å². The minimum absolute atomic E-state index is 0.000697. The molecule has 1 aromatic heterocycles. The van der Waals surface area contributed by atoms with Crippen molar-refractivity contribution in [1.82, 2.24) is 0 Å². The van der Waals surface area contributed by atoms with Crippen LogP contribution in [0, 0.1) is 18.3 Å². The molecule has 0 spiro atoms. The quantitative estimate of drug-likeness (QED) is 0.846. The maximum absolute atomic E-state index is 12.3. The van der Waals surface area contributed by atoms with Crippen LogP contribution in [0.15, 0.2) is 55.5 Å². The van der Waals surface area contributed by atoms with E-state index in [0.717, 1.165) is 10.0 Å². The molecule has 2 N–H and O–H groups in total. The Morgan fingerprint density at radius 1 is 1.36 bits per heavy atom. The molecule has 0 aliphatic carbocycles. The summed E-state index contributed by atoms with van der Waals surface area (Å²) < 4.78 is 11.4. The Kier molecular flexibility index (Phi) is 3.51. The van der Waals surface area contributed by atoms with Crippen molar-refractivity contribution < 1.29 is 9.15 Å². The monoisotopic (exact) mass is 358 g/mol. The van der Waals surface area contributed by atoms with Gasteiger partial charge in [0.15, 0.2) is 0 Å². The van der Waals surface area contributed by atoms with Crippen LogP contribution < -0.4 is 16.1 Å². The van der Waals surface area contributed by atoms with Gasteiger partial charge in [0.2, 0.25) is 5.88 Å². The van der Waals surface area contributed by atoms with E-state index in [1.54, 1.807) is 13.0 Å². The van der Waals surface area contributed by atoms with Gasteiger partial charge in [0, 0.05) is 10.5 Å². The molecule has 1 atom stereocenters. The molecular formula is C16H11BrN2O3. The molecule has 0 bridgehead atoms. The minimum Gasteiger partial charge on any atom is -0.440 e. The highest BCUT2D eigenvalue weighted by atomic mass is 79.9. The summed E-state index contributed by atoms with van der Waals surface area (Å²) in [7, 11) is 0. The second-order valence-electron chi connectivity index (χ2n) is 4.87. The van der Waals surface area contributed by atoms with Crippen molar-refractivity contribution in [2.75, 3.05) is 0 Å². The molecule has 22 heavy (non-hydrogen) atoms. The summed E-state index contributed by atoms with van der Waals surface area (Å²) in [4.78, 5) is 12.3. The highest BCUT2D eigenvalue weighted by Gasteiger charge is 2.35. The highest BCUT2D eigenvalue weighted by Crippen LogP contribution is 2.42. The van der Waals surface area contributed by atoms with Crippen molar-refractivity contribution in [2.45, 2.75) is 12.8 Å². The average Bonchev–Trinajstić information content (AvgIpc) is 2.46. The Morgan fingerprint density at radius 2 is 2.09 bits per heavy atom. The summed E-state index contributed by atoms with van der Waals surface area (Å²) >= 11 is 3.45. The number of nitrogens with two attached hydrogens (primary N) is 1. The lowest BCUT2D eigenvalue weighted by Crippen LogP contribution is -2.26. The first-order valence-electron chi connectivity index (χ1n) is 6.49. The maximum Gasteiger partial charge on any atom is 0.343 e. The average molecular weight is 359 g/mol. The Balaban J connectivity index is 2.35. The molecular weight excluding hydrogens is 348 g/mol. The largest absolute Gasteiger partial charge is 0.440 e. The van der Waals surface area contributed by atoms with Crippen LogP contribution in [0.1, 0.15) is 22.8 Å². The Labute approximate surface area is 134 Å². The number of allylic oxidation sites excluding steroid dienone is 1. The number of benzene rings is 1. The normalized spacial score (nSPS) is 16.7. The van der Waals surface area contributed by atoms with E-state index in [1.165, 1.54) is 0 Å². The van der Waals surface area contributed by atoms with Crippen LogP contribution in [-0.4, -0.2) is 0 Å². The van der Waals surface area contributed by atoms with Gasteiger partial charge in [-0.05, 0) is 18.6 Å². The van der Waals surface area contributed by atoms with Gasteiger partial charge in [0.05, 0.1) is 11.5 Å². The van der Waals surface area contributed by atoms with Crippen LogP contribution in [0.2, 0.25) is 0 Å². The molecule has 0 unspecified atom stereocenters. The van der Waals surface area contributed by atoms with Gasteiger partial charge in [-0.15, -0.1) is 0 Å². The Bertz CT molecular complexity index is 893. The lowest BCUT2D eigenvalue weighted by molar-refractivity contribution is 0.371. The van der Waals surface area contributed by atoms with E-state index in [0.29, 0.717) is 11.5 Å². The summed E-state index contributed by atoms with van der Waals surface area (Å²) in [6.45, 7) is 1.65. The fraction of sp³-hybridized carbons (Fsp3) is 0.125. The maximum atomic E-state index is 12.3. The molecule has 110 valence electrons. The van der Waals surface area contributed by atoms with Crippen LogP contribution in [-0.2, 0) is 0 Å². The second-order valence-corrected chi connectivity index (χ2v) is 5.72. The van der Waals surface area contributed by atoms with E-state index < -0.39 is 11.5 Å². The van der Waals surface area contributed by atoms with Crippen LogP contribution in [0.5, 0.6) is 5.75 Å². The third-order valence-corrected chi connectivity index (χ3v) is 4.19. The molecule has 0 amide bonds. The van der Waals surface area contributed by atoms with E-state index in [4.69, 9.17) is 14.9 Å². The zero-order valence-corrected chi connectivity index (χ0v) is 13.2. The lowest BCUT2D eigenvalue weighted by Gasteiger charge is -2.25. The van der Waals surface area contributed by atoms with Crippen molar-refractivity contribution in [3.05, 3.63) is 73.6 Å². The molecule has 0 radical (unpaired) electrons. The van der Waals surface area contributed by atoms with Gasteiger partial charge in [-0.3, -0.25) is 0 Å². The molecule has 0 fully saturated rings. The molecule has 0 saturated carbocycles. The standard InChI is InChI=1S/C16H11BrN2O3/c1-8-6-12-14(16(20)21-8)13(10(7-18)15(19)22-12)9-4-2-3-5-11(9)17/h2-6,13H,19H2,1H3/t13-/m0/s1. The number of halogens is 1. The molecule has 3 rings (SSSR count). The summed E-state index contributed by atoms with van der Waals surface area (Å²) in [5, 5.41) is 9.44. The topological polar surface area (TPSA) is 89.2 Å². The SMILES string of the molecule is Cc1cc2c(c(=O)o1)[C@@H](c1ccccc1Br)C(C#N)=C(N)O2. The van der Waals surface area contributed by atoms with Gasteiger partial charge in [-0.1, -0.05) is 34.1 Å². The fourth-order valence-corrected chi connectivity index (χ4v) is 3.05. The number of fused-ring (bicyclic) bond motifs is 1. The van der Waals surface area contributed by atoms with Gasteiger partial charge in [0.1, 0.15) is 23.2 Å². The molecule has 6 heteroatoms. The van der Waals surface area contributed by atoms with E-state index in [9.17, 15) is 10.1 Å². The van der Waals surface area contributed by atoms with Gasteiger partial charge in [-0.25, -0.2) is 4.79 Å². The number of hydrogen-bond acceptors (Lipinski definition) is 5. The van der Waals surface area contributed by atoms with E-state index >= 15 is 0 Å². The van der Waals surface area contributed by atoms with Gasteiger partial charge in [0.25, 0.3) is 0 Å². The molecule has 1 aliphatic heterocycles. The number of hydrogen-bond donors (Lipinski definition) is 1. The zero-order chi connectivity index (χ0) is 15.9. The molecule has 2 aromatic rings. The van der Waals surface area contributed by atoms with Gasteiger partial charge in [-0.2, -0.15) is 5.26 Å². The van der Waals surface area contributed by atoms with E-state index in [-0.39, 0.29) is 17.0 Å². The first-order valence-corrected chi connectivity index (χ1v) is 7.29. The smallest absolute Gasteiger partial charge is 0.343 e. The molecule has 0 saturated heterocycles. The van der Waals surface area contributed by atoms with Crippen molar-refractivity contribution >= 4 is 15.9 Å². The summed E-state index contributed by atoms with van der Waals surface area (Å²) in [5.41, 5.74) is 6.56. The highest BCUT2D eigenvalue weighted by molar-refractivity contribution is 9.10. The first-order chi connectivity index (χ1) is 10.5. The Hall–Kier alpha value is -2.52. The fourth-order valence-electron chi connectivity index (χ4n) is 2.54. The summed E-state index contributed by atoms with van der Waals surface area (Å²) in [6.07, 6.45) is 0. The lowest BCUT2D eigenvalue weighted by atomic mass is 9.84. The predicted octanol–water partition coefficient (Wildman–Crippen LogP) is 2.93. The number of nitrogens with zero attached hydrogens (tertiary/aromatic N) is 1. The number of ether oxygens (including phenoxy) is 1. The van der Waals surface area contributed by atoms with Crippen LogP contribution in [0.4, 0.5) is 0 Å². The zero-order valence-electron chi connectivity index (χ0n) is 11.6. The second kappa shape index (κ2) is 5.35. The summed E-state index contributed by atoms with van der Waals surface area (Å²) in [6, 6.07) is 11.0. The third-order valence-electron chi connectivity index (χ3n) is 3.47. The molecule has 2 heterocycles. The van der Waals surface area contributed by atoms with Crippen LogP contribution in [0.25, 0.3) is 0 Å². The first kappa shape index (κ1) is 14.4. The van der Waals surface area contributed by atoms with Crippen molar-refractivity contribution in [3.63, 3.8) is 0 Å². The predicted molar refractivity (Wildman–Crippen MR) is 83.2 cm³/mol. The number of aryl methyl sites for hydroxylation is 1. The molecule has 1 aliphatic rings. The van der Waals surface area contributed by atoms with E-state index in [2.05, 4.69) is 15.9 Å². The van der Waals surface area contributed by atoms with Gasteiger partial charge >= 0.3 is 5.63 Å². The molecule has 1 aromatic carbocycles. The Morgan fingerprint density at radius 3 is 2.77 bits per heavy atom. The van der Waals surface area contributed by atoms with Gasteiger partial charge < -0.3 is 14.9 Å². The number of nitriles is 1. The van der Waals surface area contributed by atoms with Crippen molar-refractivity contribution in [3.8, 4) is 11.8 Å². The third kappa shape index (κ3) is 2.20. The van der Waals surface area contributed by atoms with Crippen molar-refractivity contribution in [2.24, 2.45) is 5.73 Å². The number of rotatable bonds is 1. The van der Waals surface area contributed by atoms with Crippen LogP contribution in [0.3, 0.4) is 0 Å². The van der Waals surface area contributed by atoms with Crippen LogP contribution >= 0.6 is 15.9 Å². The van der Waals surface area contributed by atoms with E-state index in [1.807, 2.05) is 30.3 Å². The summed E-state index contributed by atoms with van der Waals surface area (Å²) in [5.74, 6) is 0.121. The minimum atomic E-state index is -0.624.